The van der Waals surface area contributed by atoms with Gasteiger partial charge < -0.3 is 22.1 Å². The Bertz CT molecular complexity index is 2050. The number of amides is 5. The molecule has 63 heavy (non-hydrogen) atoms. The summed E-state index contributed by atoms with van der Waals surface area (Å²) in [5.74, 6) is -2.48. The molecular formula is C48H64N10O5. The van der Waals surface area contributed by atoms with Gasteiger partial charge >= 0.3 is 0 Å². The van der Waals surface area contributed by atoms with Gasteiger partial charge in [-0.25, -0.2) is 15.0 Å². The SMILES string of the molecule is CC(C)C[C@@H]1NC(=O)CN(Cc2ccc(-c3ccccc3)cc2)NC(=O)[C@H](CCCCN)NC(=O)CN(CCCCN)NC(=O)CN(Cc2ccc(-c3ccccc3)cc2)NC1=O. The van der Waals surface area contributed by atoms with E-state index in [1.54, 1.807) is 0 Å². The molecule has 5 rings (SSSR count). The van der Waals surface area contributed by atoms with Crippen LogP contribution in [0, 0.1) is 5.92 Å². The average Bonchev–Trinajstić information content (AvgIpc) is 3.26. The molecule has 1 aliphatic rings. The van der Waals surface area contributed by atoms with E-state index in [9.17, 15) is 24.0 Å². The molecule has 2 atom stereocenters. The van der Waals surface area contributed by atoms with Crippen molar-refractivity contribution in [3.05, 3.63) is 120 Å². The van der Waals surface area contributed by atoms with Crippen LogP contribution in [-0.4, -0.2) is 95.9 Å². The first kappa shape index (κ1) is 48.1. The molecule has 0 unspecified atom stereocenters. The van der Waals surface area contributed by atoms with Crippen molar-refractivity contribution >= 4 is 29.5 Å². The molecule has 1 heterocycles. The minimum Gasteiger partial charge on any atom is -0.343 e. The van der Waals surface area contributed by atoms with Crippen molar-refractivity contribution in [2.24, 2.45) is 17.4 Å². The van der Waals surface area contributed by atoms with Gasteiger partial charge in [-0.3, -0.25) is 40.3 Å². The summed E-state index contributed by atoms with van der Waals surface area (Å²) in [7, 11) is 0. The fraction of sp³-hybridized carbons (Fsp3) is 0.396. The highest BCUT2D eigenvalue weighted by Gasteiger charge is 2.29. The molecule has 15 nitrogen and oxygen atoms in total. The van der Waals surface area contributed by atoms with Crippen molar-refractivity contribution in [1.29, 1.82) is 0 Å². The molecule has 4 aromatic rings. The second-order valence-corrected chi connectivity index (χ2v) is 16.4. The van der Waals surface area contributed by atoms with Gasteiger partial charge in [-0.1, -0.05) is 123 Å². The Morgan fingerprint density at radius 1 is 0.508 bits per heavy atom. The number of hydrogen-bond acceptors (Lipinski definition) is 10. The third-order valence-electron chi connectivity index (χ3n) is 10.5. The molecule has 0 bridgehead atoms. The normalized spacial score (nSPS) is 18.1. The maximum absolute atomic E-state index is 14.2. The van der Waals surface area contributed by atoms with Crippen molar-refractivity contribution in [2.75, 3.05) is 39.3 Å². The molecule has 1 fully saturated rings. The number of nitrogens with zero attached hydrogens (tertiary/aromatic N) is 3. The van der Waals surface area contributed by atoms with Crippen LogP contribution in [0.1, 0.15) is 63.5 Å². The van der Waals surface area contributed by atoms with Crippen molar-refractivity contribution in [1.82, 2.24) is 41.9 Å². The van der Waals surface area contributed by atoms with Gasteiger partial charge in [0.1, 0.15) is 12.1 Å². The summed E-state index contributed by atoms with van der Waals surface area (Å²) in [5.41, 5.74) is 26.0. The van der Waals surface area contributed by atoms with Crippen LogP contribution in [0.3, 0.4) is 0 Å². The van der Waals surface area contributed by atoms with E-state index < -0.39 is 41.6 Å². The van der Waals surface area contributed by atoms with Gasteiger partial charge in [0.15, 0.2) is 0 Å². The van der Waals surface area contributed by atoms with Gasteiger partial charge in [0.05, 0.1) is 19.6 Å². The summed E-state index contributed by atoms with van der Waals surface area (Å²) >= 11 is 0. The molecule has 1 aliphatic heterocycles. The zero-order valence-electron chi connectivity index (χ0n) is 36.6. The lowest BCUT2D eigenvalue weighted by Crippen LogP contribution is -2.59. The molecule has 0 aromatic heterocycles. The van der Waals surface area contributed by atoms with E-state index >= 15 is 0 Å². The van der Waals surface area contributed by atoms with Crippen LogP contribution in [-0.2, 0) is 37.1 Å². The molecule has 15 heteroatoms. The summed E-state index contributed by atoms with van der Waals surface area (Å²) in [6.07, 6.45) is 3.04. The third-order valence-corrected chi connectivity index (χ3v) is 10.5. The molecule has 4 aromatic carbocycles. The smallest absolute Gasteiger partial charge is 0.256 e. The van der Waals surface area contributed by atoms with E-state index in [2.05, 4.69) is 26.9 Å². The molecule has 0 aliphatic carbocycles. The summed E-state index contributed by atoms with van der Waals surface area (Å²) in [6, 6.07) is 33.6. The third kappa shape index (κ3) is 16.3. The Morgan fingerprint density at radius 2 is 0.937 bits per heavy atom. The Labute approximate surface area is 371 Å². The Morgan fingerprint density at radius 3 is 1.43 bits per heavy atom. The van der Waals surface area contributed by atoms with Gasteiger partial charge in [-0.15, -0.1) is 0 Å². The summed E-state index contributed by atoms with van der Waals surface area (Å²) < 4.78 is 0. The zero-order valence-corrected chi connectivity index (χ0v) is 36.6. The van der Waals surface area contributed by atoms with E-state index in [0.717, 1.165) is 33.4 Å². The molecule has 0 spiro atoms. The second kappa shape index (κ2) is 25.2. The lowest BCUT2D eigenvalue weighted by Gasteiger charge is -2.30. The van der Waals surface area contributed by atoms with Gasteiger partial charge in [0, 0.05) is 19.6 Å². The molecule has 0 saturated carbocycles. The summed E-state index contributed by atoms with van der Waals surface area (Å²) in [5, 5.41) is 10.3. The van der Waals surface area contributed by atoms with Crippen molar-refractivity contribution in [3.8, 4) is 22.3 Å². The van der Waals surface area contributed by atoms with Gasteiger partial charge in [-0.2, -0.15) is 0 Å². The van der Waals surface area contributed by atoms with Crippen LogP contribution < -0.4 is 38.4 Å². The molecule has 0 radical (unpaired) electrons. The van der Waals surface area contributed by atoms with Crippen LogP contribution in [0.4, 0.5) is 0 Å². The van der Waals surface area contributed by atoms with Gasteiger partial charge in [0.2, 0.25) is 17.7 Å². The van der Waals surface area contributed by atoms with Gasteiger partial charge in [0.25, 0.3) is 11.8 Å². The number of hydrogen-bond donors (Lipinski definition) is 7. The second-order valence-electron chi connectivity index (χ2n) is 16.4. The van der Waals surface area contributed by atoms with Crippen LogP contribution >= 0.6 is 0 Å². The maximum atomic E-state index is 14.2. The first-order valence-corrected chi connectivity index (χ1v) is 21.9. The van der Waals surface area contributed by atoms with E-state index in [1.165, 1.54) is 15.0 Å². The highest BCUT2D eigenvalue weighted by Crippen LogP contribution is 2.21. The predicted octanol–water partition coefficient (Wildman–Crippen LogP) is 3.62. The van der Waals surface area contributed by atoms with E-state index in [4.69, 9.17) is 11.5 Å². The minimum absolute atomic E-state index is 0.0140. The highest BCUT2D eigenvalue weighted by molar-refractivity contribution is 5.90. The van der Waals surface area contributed by atoms with Crippen LogP contribution in [0.15, 0.2) is 109 Å². The molecular weight excluding hydrogens is 797 g/mol. The largest absolute Gasteiger partial charge is 0.343 e. The molecule has 9 N–H and O–H groups in total. The minimum atomic E-state index is -0.973. The number of nitrogens with two attached hydrogens (primary N) is 2. The number of unbranched alkanes of at least 4 members (excludes halogenated alkanes) is 2. The quantitative estimate of drug-likeness (QED) is 0.0815. The molecule has 1 saturated heterocycles. The average molecular weight is 861 g/mol. The number of rotatable bonds is 16. The van der Waals surface area contributed by atoms with Crippen LogP contribution in [0.5, 0.6) is 0 Å². The Kier molecular flexibility index (Phi) is 19.2. The topological polar surface area (TPSA) is 207 Å². The van der Waals surface area contributed by atoms with Gasteiger partial charge in [-0.05, 0) is 90.9 Å². The fourth-order valence-electron chi connectivity index (χ4n) is 7.34. The maximum Gasteiger partial charge on any atom is 0.256 e. The van der Waals surface area contributed by atoms with Crippen LogP contribution in [0.2, 0.25) is 0 Å². The monoisotopic (exact) mass is 861 g/mol. The lowest BCUT2D eigenvalue weighted by molar-refractivity contribution is -0.139. The van der Waals surface area contributed by atoms with Crippen molar-refractivity contribution < 1.29 is 24.0 Å². The summed E-state index contributed by atoms with van der Waals surface area (Å²) in [4.78, 5) is 69.7. The first-order valence-electron chi connectivity index (χ1n) is 21.9. The Balaban J connectivity index is 1.45. The molecule has 5 amide bonds. The number of hydrazine groups is 3. The first-order chi connectivity index (χ1) is 30.5. The number of nitrogens with one attached hydrogen (secondary N) is 5. The summed E-state index contributed by atoms with van der Waals surface area (Å²) in [6.45, 7) is 4.55. The number of carbonyl (C=O) groups is 5. The lowest BCUT2D eigenvalue weighted by atomic mass is 10.0. The van der Waals surface area contributed by atoms with E-state index in [1.807, 2.05) is 123 Å². The Hall–Kier alpha value is -5.97. The van der Waals surface area contributed by atoms with E-state index in [-0.39, 0.29) is 45.1 Å². The van der Waals surface area contributed by atoms with Crippen molar-refractivity contribution in [3.63, 3.8) is 0 Å². The van der Waals surface area contributed by atoms with Crippen LogP contribution in [0.25, 0.3) is 22.3 Å². The van der Waals surface area contributed by atoms with E-state index in [0.29, 0.717) is 51.7 Å². The number of benzene rings is 4. The highest BCUT2D eigenvalue weighted by atomic mass is 16.2. The standard InChI is InChI=1S/C48H64N10O5/c1-35(2)29-43-48(63)55-58(31-37-20-24-41(25-21-37)39-15-7-4-8-16-39)34-46(61)53-56(28-12-11-27-50)32-44(59)51-42(17-9-10-26-49)47(62)54-57(33-45(60)52-43)30-36-18-22-40(23-19-36)38-13-5-3-6-14-38/h3-8,13-16,18-25,35,42-43H,9-12,17,26-34,49-50H2,1-2H3,(H,51,59)(H,52,60)(H,53,61)(H,54,62)(H,55,63)/t42-,43-/m0/s1. The zero-order chi connectivity index (χ0) is 45.0. The predicted molar refractivity (Wildman–Crippen MR) is 245 cm³/mol. The fourth-order valence-corrected chi connectivity index (χ4v) is 7.34. The van der Waals surface area contributed by atoms with Crippen molar-refractivity contribution in [2.45, 2.75) is 77.5 Å². The molecule has 336 valence electrons. The number of carbonyl (C=O) groups excluding carboxylic acids is 5.